The molecular formula is C32H32N2O3S. The molecule has 5 aromatic rings. The Bertz CT molecular complexity index is 1600. The van der Waals surface area contributed by atoms with Crippen LogP contribution in [0.5, 0.6) is 5.75 Å². The number of aryl methyl sites for hydroxylation is 1. The molecule has 0 bridgehead atoms. The van der Waals surface area contributed by atoms with Gasteiger partial charge in [-0.25, -0.2) is 4.98 Å². The minimum Gasteiger partial charge on any atom is -0.487 e. The van der Waals surface area contributed by atoms with Crippen LogP contribution in [0.3, 0.4) is 0 Å². The predicted molar refractivity (Wildman–Crippen MR) is 155 cm³/mol. The highest BCUT2D eigenvalue weighted by Gasteiger charge is 2.31. The number of thioether (sulfide) groups is 1. The molecule has 2 heterocycles. The van der Waals surface area contributed by atoms with Crippen molar-refractivity contribution in [2.75, 3.05) is 0 Å². The van der Waals surface area contributed by atoms with Gasteiger partial charge in [-0.05, 0) is 42.3 Å². The smallest absolute Gasteiger partial charge is 0.312 e. The fraction of sp³-hybridized carbons (Fsp3) is 0.250. The second-order valence-electron chi connectivity index (χ2n) is 10.5. The lowest BCUT2D eigenvalue weighted by molar-refractivity contribution is -0.139. The van der Waals surface area contributed by atoms with Crippen molar-refractivity contribution < 1.29 is 14.6 Å². The van der Waals surface area contributed by atoms with E-state index in [1.54, 1.807) is 11.8 Å². The van der Waals surface area contributed by atoms with Crippen LogP contribution < -0.4 is 4.74 Å². The number of para-hydroxylation sites is 1. The maximum Gasteiger partial charge on any atom is 0.312 e. The number of carbonyl (C=O) groups is 1. The van der Waals surface area contributed by atoms with Gasteiger partial charge in [0, 0.05) is 38.7 Å². The molecule has 0 saturated carbocycles. The first kappa shape index (κ1) is 25.9. The monoisotopic (exact) mass is 524 g/mol. The number of rotatable bonds is 8. The minimum absolute atomic E-state index is 0.106. The highest BCUT2D eigenvalue weighted by Crippen LogP contribution is 2.44. The summed E-state index contributed by atoms with van der Waals surface area (Å²) in [5.41, 5.74) is 4.62. The topological polar surface area (TPSA) is 64.4 Å². The van der Waals surface area contributed by atoms with Crippen LogP contribution in [0.1, 0.15) is 43.6 Å². The molecule has 0 aliphatic carbocycles. The third-order valence-corrected chi connectivity index (χ3v) is 7.78. The van der Waals surface area contributed by atoms with Crippen LogP contribution in [0.2, 0.25) is 0 Å². The van der Waals surface area contributed by atoms with Gasteiger partial charge in [0.1, 0.15) is 18.3 Å². The van der Waals surface area contributed by atoms with Crippen molar-refractivity contribution in [3.63, 3.8) is 0 Å². The molecular weight excluding hydrogens is 492 g/mol. The van der Waals surface area contributed by atoms with E-state index in [0.29, 0.717) is 13.0 Å². The predicted octanol–water partition coefficient (Wildman–Crippen LogP) is 7.61. The Balaban J connectivity index is 1.53. The molecule has 2 aromatic heterocycles. The van der Waals surface area contributed by atoms with Crippen molar-refractivity contribution in [3.8, 4) is 5.75 Å². The Morgan fingerprint density at radius 2 is 1.74 bits per heavy atom. The number of carboxylic acids is 1. The summed E-state index contributed by atoms with van der Waals surface area (Å²) in [7, 11) is 1.96. The lowest BCUT2D eigenvalue weighted by Crippen LogP contribution is -2.19. The van der Waals surface area contributed by atoms with Crippen molar-refractivity contribution >= 4 is 39.5 Å². The molecule has 0 aliphatic rings. The lowest BCUT2D eigenvalue weighted by Gasteiger charge is -2.21. The first-order valence-electron chi connectivity index (χ1n) is 12.7. The summed E-state index contributed by atoms with van der Waals surface area (Å²) in [6.45, 7) is 6.81. The molecule has 0 radical (unpaired) electrons. The van der Waals surface area contributed by atoms with Crippen molar-refractivity contribution in [2.24, 2.45) is 7.05 Å². The van der Waals surface area contributed by atoms with E-state index in [9.17, 15) is 9.90 Å². The van der Waals surface area contributed by atoms with Gasteiger partial charge >= 0.3 is 5.97 Å². The van der Waals surface area contributed by atoms with Crippen LogP contribution in [0.25, 0.3) is 21.8 Å². The molecule has 5 nitrogen and oxygen atoms in total. The van der Waals surface area contributed by atoms with Crippen LogP contribution in [-0.2, 0) is 24.9 Å². The van der Waals surface area contributed by atoms with E-state index >= 15 is 0 Å². The Morgan fingerprint density at radius 1 is 1.00 bits per heavy atom. The van der Waals surface area contributed by atoms with E-state index < -0.39 is 11.9 Å². The highest BCUT2D eigenvalue weighted by molar-refractivity contribution is 8.00. The highest BCUT2D eigenvalue weighted by atomic mass is 32.2. The van der Waals surface area contributed by atoms with Gasteiger partial charge in [-0.3, -0.25) is 4.79 Å². The molecule has 0 spiro atoms. The average Bonchev–Trinajstić information content (AvgIpc) is 3.15. The van der Waals surface area contributed by atoms with Crippen LogP contribution in [0, 0.1) is 0 Å². The Kier molecular flexibility index (Phi) is 7.17. The Hall–Kier alpha value is -3.77. The van der Waals surface area contributed by atoms with Crippen molar-refractivity contribution in [1.29, 1.82) is 0 Å². The van der Waals surface area contributed by atoms with Gasteiger partial charge in [0.15, 0.2) is 0 Å². The summed E-state index contributed by atoms with van der Waals surface area (Å²) < 4.78 is 8.12. The zero-order valence-electron chi connectivity index (χ0n) is 22.1. The van der Waals surface area contributed by atoms with Crippen molar-refractivity contribution in [3.05, 3.63) is 102 Å². The minimum atomic E-state index is -0.825. The normalized spacial score (nSPS) is 12.6. The number of ether oxygens (including phenoxy) is 1. The van der Waals surface area contributed by atoms with E-state index in [4.69, 9.17) is 9.72 Å². The number of hydrogen-bond acceptors (Lipinski definition) is 4. The van der Waals surface area contributed by atoms with Crippen molar-refractivity contribution in [1.82, 2.24) is 9.55 Å². The molecule has 0 saturated heterocycles. The molecule has 5 rings (SSSR count). The van der Waals surface area contributed by atoms with E-state index in [-0.39, 0.29) is 4.75 Å². The fourth-order valence-corrected chi connectivity index (χ4v) is 6.07. The molecule has 0 aliphatic heterocycles. The number of aliphatic carboxylic acids is 1. The molecule has 1 N–H and O–H groups in total. The maximum absolute atomic E-state index is 12.6. The number of nitrogens with zero attached hydrogens (tertiary/aromatic N) is 2. The first-order valence-corrected chi connectivity index (χ1v) is 13.6. The molecule has 3 aromatic carbocycles. The first-order chi connectivity index (χ1) is 18.2. The number of pyridine rings is 1. The third-order valence-electron chi connectivity index (χ3n) is 6.53. The molecule has 38 heavy (non-hydrogen) atoms. The summed E-state index contributed by atoms with van der Waals surface area (Å²) in [5, 5.41) is 12.5. The Labute approximate surface area is 227 Å². The maximum atomic E-state index is 12.6. The number of fused-ring (bicyclic) bond motifs is 2. The van der Waals surface area contributed by atoms with Gasteiger partial charge in [0.05, 0.1) is 11.2 Å². The zero-order valence-corrected chi connectivity index (χ0v) is 23.0. The van der Waals surface area contributed by atoms with E-state index in [1.165, 1.54) is 0 Å². The summed E-state index contributed by atoms with van der Waals surface area (Å²) >= 11 is 1.71. The van der Waals surface area contributed by atoms with Crippen LogP contribution in [0.4, 0.5) is 0 Å². The lowest BCUT2D eigenvalue weighted by atomic mass is 9.96. The zero-order chi connectivity index (χ0) is 26.9. The number of aromatic nitrogens is 2. The van der Waals surface area contributed by atoms with Crippen LogP contribution in [0.15, 0.2) is 89.8 Å². The van der Waals surface area contributed by atoms with Gasteiger partial charge in [-0.1, -0.05) is 75.4 Å². The molecule has 0 amide bonds. The van der Waals surface area contributed by atoms with E-state index in [2.05, 4.69) is 26.8 Å². The summed E-state index contributed by atoms with van der Waals surface area (Å²) in [5.74, 6) is -0.768. The van der Waals surface area contributed by atoms with Crippen LogP contribution in [-0.4, -0.2) is 25.4 Å². The second-order valence-corrected chi connectivity index (χ2v) is 12.4. The molecule has 6 heteroatoms. The summed E-state index contributed by atoms with van der Waals surface area (Å²) in [6.07, 6.45) is 0.426. The van der Waals surface area contributed by atoms with Gasteiger partial charge in [-0.2, -0.15) is 0 Å². The number of benzene rings is 3. The average molecular weight is 525 g/mol. The number of carboxylic acid groups (broad SMARTS) is 1. The molecule has 0 fully saturated rings. The summed E-state index contributed by atoms with van der Waals surface area (Å²) in [4.78, 5) is 18.3. The SMILES string of the molecule is Cn1c(C(Cc2ccccc2)C(=O)O)c(SC(C)(C)C)c2cc(OCc3ccc4ccccc4n3)ccc21. The van der Waals surface area contributed by atoms with Gasteiger partial charge in [0.25, 0.3) is 0 Å². The standard InChI is InChI=1S/C32H32N2O3S/c1-32(2,3)38-30-25-19-24(37-20-23-15-14-22-12-8-9-13-27(22)33-23)16-17-28(25)34(4)29(30)26(31(35)36)18-21-10-6-5-7-11-21/h5-17,19,26H,18,20H2,1-4H3,(H,35,36). The molecule has 1 atom stereocenters. The number of hydrogen-bond donors (Lipinski definition) is 1. The summed E-state index contributed by atoms with van der Waals surface area (Å²) in [6, 6.07) is 27.9. The third kappa shape index (κ3) is 5.55. The van der Waals surface area contributed by atoms with Gasteiger partial charge in [-0.15, -0.1) is 11.8 Å². The molecule has 1 unspecified atom stereocenters. The van der Waals surface area contributed by atoms with E-state index in [1.807, 2.05) is 90.5 Å². The quantitative estimate of drug-likeness (QED) is 0.212. The van der Waals surface area contributed by atoms with Gasteiger partial charge < -0.3 is 14.4 Å². The van der Waals surface area contributed by atoms with Crippen LogP contribution >= 0.6 is 11.8 Å². The van der Waals surface area contributed by atoms with Gasteiger partial charge in [0.2, 0.25) is 0 Å². The second kappa shape index (κ2) is 10.5. The Morgan fingerprint density at radius 3 is 2.47 bits per heavy atom. The van der Waals surface area contributed by atoms with Crippen molar-refractivity contribution in [2.45, 2.75) is 49.4 Å². The fourth-order valence-electron chi connectivity index (χ4n) is 4.80. The van der Waals surface area contributed by atoms with E-state index in [0.717, 1.165) is 49.4 Å². The molecule has 194 valence electrons. The largest absolute Gasteiger partial charge is 0.487 e.